The van der Waals surface area contributed by atoms with Crippen LogP contribution in [0.15, 0.2) is 20.7 Å². The van der Waals surface area contributed by atoms with Gasteiger partial charge >= 0.3 is 5.69 Å². The number of hydrogen-bond donors (Lipinski definition) is 1. The number of nitrogens with zero attached hydrogens (tertiary/aromatic N) is 2. The van der Waals surface area contributed by atoms with Gasteiger partial charge in [0, 0.05) is 20.3 Å². The summed E-state index contributed by atoms with van der Waals surface area (Å²) in [5.41, 5.74) is -2.65. The molecule has 0 bridgehead atoms. The van der Waals surface area contributed by atoms with Crippen molar-refractivity contribution >= 4 is 10.0 Å². The van der Waals surface area contributed by atoms with Gasteiger partial charge in [0.2, 0.25) is 10.0 Å². The number of sulfonamides is 1. The van der Waals surface area contributed by atoms with Crippen LogP contribution in [0.5, 0.6) is 0 Å². The second-order valence-electron chi connectivity index (χ2n) is 4.63. The summed E-state index contributed by atoms with van der Waals surface area (Å²) in [6.45, 7) is 2.97. The lowest BCUT2D eigenvalue weighted by Crippen LogP contribution is -2.46. The number of terminal acetylenes is 1. The van der Waals surface area contributed by atoms with Crippen molar-refractivity contribution in [2.45, 2.75) is 24.3 Å². The Hall–Kier alpha value is -1.85. The SMILES string of the molecule is C#CC(C)(C)NS(=O)(=O)c1cn(C)c(=O)n(C)c1=O. The van der Waals surface area contributed by atoms with Crippen molar-refractivity contribution in [2.75, 3.05) is 0 Å². The predicted octanol–water partition coefficient (Wildman–Crippen LogP) is -1.23. The van der Waals surface area contributed by atoms with E-state index < -0.39 is 31.7 Å². The van der Waals surface area contributed by atoms with Gasteiger partial charge in [-0.05, 0) is 13.8 Å². The van der Waals surface area contributed by atoms with Crippen LogP contribution in [0.2, 0.25) is 0 Å². The molecule has 0 unspecified atom stereocenters. The van der Waals surface area contributed by atoms with E-state index in [0.29, 0.717) is 0 Å². The van der Waals surface area contributed by atoms with Gasteiger partial charge in [-0.1, -0.05) is 5.92 Å². The summed E-state index contributed by atoms with van der Waals surface area (Å²) < 4.78 is 28.2. The standard InChI is InChI=1S/C11H15N3O4S/c1-6-11(2,3)12-19(17,18)8-7-13(4)10(16)14(5)9(8)15/h1,7,12H,2-5H3. The molecule has 0 fully saturated rings. The van der Waals surface area contributed by atoms with Gasteiger partial charge in [-0.15, -0.1) is 6.42 Å². The van der Waals surface area contributed by atoms with Crippen LogP contribution < -0.4 is 16.0 Å². The molecule has 1 heterocycles. The molecule has 0 radical (unpaired) electrons. The maximum absolute atomic E-state index is 12.1. The molecule has 1 rings (SSSR count). The van der Waals surface area contributed by atoms with Crippen LogP contribution in [0.25, 0.3) is 0 Å². The Morgan fingerprint density at radius 3 is 2.32 bits per heavy atom. The molecule has 0 saturated heterocycles. The molecule has 0 aliphatic heterocycles. The van der Waals surface area contributed by atoms with Crippen LogP contribution in [0.3, 0.4) is 0 Å². The van der Waals surface area contributed by atoms with Crippen molar-refractivity contribution in [3.8, 4) is 12.3 Å². The van der Waals surface area contributed by atoms with Crippen LogP contribution in [0.1, 0.15) is 13.8 Å². The Morgan fingerprint density at radius 2 is 1.84 bits per heavy atom. The molecule has 1 N–H and O–H groups in total. The Kier molecular flexibility index (Phi) is 3.74. The van der Waals surface area contributed by atoms with Crippen LogP contribution in [-0.4, -0.2) is 23.1 Å². The number of aromatic nitrogens is 2. The van der Waals surface area contributed by atoms with E-state index in [2.05, 4.69) is 10.6 Å². The van der Waals surface area contributed by atoms with Gasteiger partial charge in [-0.25, -0.2) is 13.2 Å². The first-order valence-corrected chi connectivity index (χ1v) is 6.78. The van der Waals surface area contributed by atoms with Crippen LogP contribution in [0.4, 0.5) is 0 Å². The molecule has 0 atom stereocenters. The smallest absolute Gasteiger partial charge is 0.302 e. The second kappa shape index (κ2) is 4.68. The molecule has 104 valence electrons. The predicted molar refractivity (Wildman–Crippen MR) is 70.2 cm³/mol. The highest BCUT2D eigenvalue weighted by Gasteiger charge is 2.27. The third-order valence-corrected chi connectivity index (χ3v) is 4.09. The first-order chi connectivity index (χ1) is 8.52. The van der Waals surface area contributed by atoms with Gasteiger partial charge < -0.3 is 4.57 Å². The quantitative estimate of drug-likeness (QED) is 0.704. The molecular formula is C11H15N3O4S. The first kappa shape index (κ1) is 15.2. The monoisotopic (exact) mass is 285 g/mol. The molecule has 7 nitrogen and oxygen atoms in total. The van der Waals surface area contributed by atoms with E-state index in [4.69, 9.17) is 6.42 Å². The summed E-state index contributed by atoms with van der Waals surface area (Å²) in [6.07, 6.45) is 6.17. The van der Waals surface area contributed by atoms with Gasteiger partial charge in [-0.3, -0.25) is 9.36 Å². The number of hydrogen-bond acceptors (Lipinski definition) is 4. The zero-order valence-corrected chi connectivity index (χ0v) is 11.9. The zero-order chi connectivity index (χ0) is 15.0. The van der Waals surface area contributed by atoms with Crippen molar-refractivity contribution in [3.05, 3.63) is 27.0 Å². The molecule has 0 spiro atoms. The lowest BCUT2D eigenvalue weighted by molar-refractivity contribution is 0.533. The van der Waals surface area contributed by atoms with Crippen LogP contribution >= 0.6 is 0 Å². The molecule has 19 heavy (non-hydrogen) atoms. The third-order valence-electron chi connectivity index (χ3n) is 2.45. The molecule has 0 aliphatic carbocycles. The lowest BCUT2D eigenvalue weighted by Gasteiger charge is -2.19. The summed E-state index contributed by atoms with van der Waals surface area (Å²) in [4.78, 5) is 22.8. The highest BCUT2D eigenvalue weighted by molar-refractivity contribution is 7.89. The maximum atomic E-state index is 12.1. The third kappa shape index (κ3) is 2.94. The number of rotatable bonds is 3. The minimum absolute atomic E-state index is 0.527. The fourth-order valence-electron chi connectivity index (χ4n) is 1.38. The van der Waals surface area contributed by atoms with E-state index in [9.17, 15) is 18.0 Å². The summed E-state index contributed by atoms with van der Waals surface area (Å²) in [5, 5.41) is 0. The summed E-state index contributed by atoms with van der Waals surface area (Å²) in [5.74, 6) is 2.26. The second-order valence-corrected chi connectivity index (χ2v) is 6.28. The zero-order valence-electron chi connectivity index (χ0n) is 11.1. The molecule has 8 heteroatoms. The van der Waals surface area contributed by atoms with E-state index in [0.717, 1.165) is 15.3 Å². The fourth-order valence-corrected chi connectivity index (χ4v) is 2.88. The Labute approximate surface area is 110 Å². The van der Waals surface area contributed by atoms with Crippen LogP contribution in [-0.2, 0) is 24.1 Å². The van der Waals surface area contributed by atoms with Gasteiger partial charge in [0.05, 0.1) is 5.54 Å². The molecule has 0 amide bonds. The Bertz CT molecular complexity index is 763. The van der Waals surface area contributed by atoms with Gasteiger partial charge in [0.25, 0.3) is 5.56 Å². The van der Waals surface area contributed by atoms with Gasteiger partial charge in [-0.2, -0.15) is 4.72 Å². The van der Waals surface area contributed by atoms with E-state index in [1.165, 1.54) is 27.9 Å². The van der Waals surface area contributed by atoms with Gasteiger partial charge in [0.15, 0.2) is 4.90 Å². The van der Waals surface area contributed by atoms with Crippen LogP contribution in [0, 0.1) is 12.3 Å². The molecule has 1 aromatic heterocycles. The average Bonchev–Trinajstić information content (AvgIpc) is 2.29. The van der Waals surface area contributed by atoms with E-state index >= 15 is 0 Å². The topological polar surface area (TPSA) is 90.2 Å². The minimum Gasteiger partial charge on any atom is -0.302 e. The largest absolute Gasteiger partial charge is 0.330 e. The Balaban J connectivity index is 3.53. The normalized spacial score (nSPS) is 12.2. The van der Waals surface area contributed by atoms with Crippen molar-refractivity contribution < 1.29 is 8.42 Å². The van der Waals surface area contributed by atoms with Crippen molar-refractivity contribution in [3.63, 3.8) is 0 Å². The highest BCUT2D eigenvalue weighted by Crippen LogP contribution is 2.07. The van der Waals surface area contributed by atoms with E-state index in [1.54, 1.807) is 0 Å². The lowest BCUT2D eigenvalue weighted by atomic mass is 10.1. The summed E-state index contributed by atoms with van der Waals surface area (Å²) >= 11 is 0. The number of aryl methyl sites for hydroxylation is 1. The minimum atomic E-state index is -4.11. The van der Waals surface area contributed by atoms with E-state index in [-0.39, 0.29) is 0 Å². The molecule has 1 aromatic rings. The van der Waals surface area contributed by atoms with Crippen molar-refractivity contribution in [1.82, 2.24) is 13.9 Å². The fraction of sp³-hybridized carbons (Fsp3) is 0.455. The maximum Gasteiger partial charge on any atom is 0.330 e. The van der Waals surface area contributed by atoms with Crippen molar-refractivity contribution in [2.24, 2.45) is 14.1 Å². The van der Waals surface area contributed by atoms with E-state index in [1.807, 2.05) is 0 Å². The average molecular weight is 285 g/mol. The first-order valence-electron chi connectivity index (χ1n) is 5.30. The molecule has 0 aromatic carbocycles. The Morgan fingerprint density at radius 1 is 1.32 bits per heavy atom. The van der Waals surface area contributed by atoms with Crippen molar-refractivity contribution in [1.29, 1.82) is 0 Å². The highest BCUT2D eigenvalue weighted by atomic mass is 32.2. The summed E-state index contributed by atoms with van der Waals surface area (Å²) in [6, 6.07) is 0. The molecular weight excluding hydrogens is 270 g/mol. The summed E-state index contributed by atoms with van der Waals surface area (Å²) in [7, 11) is -1.55. The van der Waals surface area contributed by atoms with Gasteiger partial charge in [0.1, 0.15) is 0 Å². The molecule has 0 saturated carbocycles. The number of nitrogens with one attached hydrogen (secondary N) is 1. The molecule has 0 aliphatic rings.